The topological polar surface area (TPSA) is 48.4 Å². The molecular formula is C18H17Cl2NO3. The van der Waals surface area contributed by atoms with Gasteiger partial charge in [0.05, 0.1) is 23.8 Å². The van der Waals surface area contributed by atoms with Gasteiger partial charge >= 0.3 is 0 Å². The van der Waals surface area contributed by atoms with E-state index in [2.05, 4.69) is 4.98 Å². The molecule has 6 heteroatoms. The van der Waals surface area contributed by atoms with Crippen molar-refractivity contribution in [1.82, 2.24) is 4.98 Å². The maximum Gasteiger partial charge on any atom is 0.167 e. The summed E-state index contributed by atoms with van der Waals surface area (Å²) in [5.41, 5.74) is 1.11. The average Bonchev–Trinajstić information content (AvgIpc) is 3.40. The third-order valence-electron chi connectivity index (χ3n) is 3.95. The molecule has 2 aromatic rings. The highest BCUT2D eigenvalue weighted by molar-refractivity contribution is 6.36. The van der Waals surface area contributed by atoms with Crippen molar-refractivity contribution in [2.45, 2.75) is 19.3 Å². The number of pyridine rings is 1. The summed E-state index contributed by atoms with van der Waals surface area (Å²) in [5.74, 6) is 1.72. The fourth-order valence-electron chi connectivity index (χ4n) is 2.32. The van der Waals surface area contributed by atoms with Crippen LogP contribution < -0.4 is 9.47 Å². The Morgan fingerprint density at radius 1 is 1.21 bits per heavy atom. The molecule has 0 amide bonds. The van der Waals surface area contributed by atoms with Gasteiger partial charge in [-0.2, -0.15) is 0 Å². The molecule has 1 aromatic carbocycles. The Morgan fingerprint density at radius 3 is 2.54 bits per heavy atom. The third kappa shape index (κ3) is 4.00. The van der Waals surface area contributed by atoms with E-state index in [4.69, 9.17) is 32.7 Å². The summed E-state index contributed by atoms with van der Waals surface area (Å²) in [6.07, 6.45) is 5.46. The number of hydrogen-bond acceptors (Lipinski definition) is 4. The predicted octanol–water partition coefficient (Wildman–Crippen LogP) is 4.61. The standard InChI is InChI=1S/C18H17Cl2NO3/c1-23-17-5-4-12(6-18(17)24-10-11-2-3-11)16(22)7-13-14(19)8-21-9-15(13)20/h4-6,8-9,11H,2-3,7,10H2,1H3. The molecule has 1 aliphatic carbocycles. The molecule has 1 aliphatic rings. The first kappa shape index (κ1) is 17.1. The number of benzene rings is 1. The third-order valence-corrected chi connectivity index (χ3v) is 4.60. The van der Waals surface area contributed by atoms with Crippen LogP contribution in [0.3, 0.4) is 0 Å². The van der Waals surface area contributed by atoms with Crippen LogP contribution in [0.2, 0.25) is 10.0 Å². The highest BCUT2D eigenvalue weighted by atomic mass is 35.5. The van der Waals surface area contributed by atoms with Crippen LogP contribution >= 0.6 is 23.2 Å². The van der Waals surface area contributed by atoms with Crippen molar-refractivity contribution >= 4 is 29.0 Å². The van der Waals surface area contributed by atoms with E-state index >= 15 is 0 Å². The second-order valence-electron chi connectivity index (χ2n) is 5.80. The Hall–Kier alpha value is -1.78. The predicted molar refractivity (Wildman–Crippen MR) is 93.5 cm³/mol. The van der Waals surface area contributed by atoms with Crippen LogP contribution in [0.25, 0.3) is 0 Å². The molecule has 0 bridgehead atoms. The van der Waals surface area contributed by atoms with Crippen LogP contribution in [-0.2, 0) is 6.42 Å². The van der Waals surface area contributed by atoms with Crippen LogP contribution in [0, 0.1) is 5.92 Å². The minimum Gasteiger partial charge on any atom is -0.493 e. The second kappa shape index (κ2) is 7.41. The van der Waals surface area contributed by atoms with Crippen molar-refractivity contribution in [2.24, 2.45) is 5.92 Å². The normalized spacial score (nSPS) is 13.6. The molecular weight excluding hydrogens is 349 g/mol. The first-order valence-corrected chi connectivity index (χ1v) is 8.46. The molecule has 1 heterocycles. The van der Waals surface area contributed by atoms with Gasteiger partial charge in [0.1, 0.15) is 0 Å². The van der Waals surface area contributed by atoms with Crippen LogP contribution in [-0.4, -0.2) is 24.5 Å². The molecule has 0 radical (unpaired) electrons. The smallest absolute Gasteiger partial charge is 0.167 e. The van der Waals surface area contributed by atoms with Gasteiger partial charge in [0.2, 0.25) is 0 Å². The van der Waals surface area contributed by atoms with E-state index in [1.807, 2.05) is 0 Å². The molecule has 0 aliphatic heterocycles. The Kier molecular flexibility index (Phi) is 5.27. The first-order valence-electron chi connectivity index (χ1n) is 7.70. The number of hydrogen-bond donors (Lipinski definition) is 0. The maximum absolute atomic E-state index is 12.6. The Balaban J connectivity index is 1.79. The van der Waals surface area contributed by atoms with Gasteiger partial charge in [-0.3, -0.25) is 9.78 Å². The largest absolute Gasteiger partial charge is 0.493 e. The van der Waals surface area contributed by atoms with Crippen LogP contribution in [0.5, 0.6) is 11.5 Å². The zero-order chi connectivity index (χ0) is 17.1. The number of nitrogens with zero attached hydrogens (tertiary/aromatic N) is 1. The van der Waals surface area contributed by atoms with E-state index in [1.54, 1.807) is 25.3 Å². The Morgan fingerprint density at radius 2 is 1.92 bits per heavy atom. The number of methoxy groups -OCH3 is 1. The highest BCUT2D eigenvalue weighted by Crippen LogP contribution is 2.34. The average molecular weight is 366 g/mol. The summed E-state index contributed by atoms with van der Waals surface area (Å²) in [4.78, 5) is 16.5. The lowest BCUT2D eigenvalue weighted by molar-refractivity contribution is 0.0992. The molecule has 1 aromatic heterocycles. The van der Waals surface area contributed by atoms with Gasteiger partial charge in [-0.05, 0) is 37.0 Å². The lowest BCUT2D eigenvalue weighted by Gasteiger charge is -2.12. The van der Waals surface area contributed by atoms with Crippen molar-refractivity contribution in [1.29, 1.82) is 0 Å². The summed E-state index contributed by atoms with van der Waals surface area (Å²) in [6, 6.07) is 5.17. The summed E-state index contributed by atoms with van der Waals surface area (Å²) in [7, 11) is 1.58. The number of carbonyl (C=O) groups excluding carboxylic acids is 1. The molecule has 4 nitrogen and oxygen atoms in total. The zero-order valence-corrected chi connectivity index (χ0v) is 14.7. The molecule has 24 heavy (non-hydrogen) atoms. The molecule has 1 saturated carbocycles. The van der Waals surface area contributed by atoms with Gasteiger partial charge in [0, 0.05) is 29.9 Å². The van der Waals surface area contributed by atoms with Crippen LogP contribution in [0.1, 0.15) is 28.8 Å². The number of ketones is 1. The molecule has 3 rings (SSSR count). The second-order valence-corrected chi connectivity index (χ2v) is 6.62. The highest BCUT2D eigenvalue weighted by Gasteiger charge is 2.23. The number of halogens is 2. The first-order chi connectivity index (χ1) is 11.6. The van der Waals surface area contributed by atoms with Crippen LogP contribution in [0.4, 0.5) is 0 Å². The van der Waals surface area contributed by atoms with Crippen molar-refractivity contribution in [3.8, 4) is 11.5 Å². The van der Waals surface area contributed by atoms with Crippen molar-refractivity contribution in [3.63, 3.8) is 0 Å². The van der Waals surface area contributed by atoms with Gasteiger partial charge in [-0.1, -0.05) is 23.2 Å². The Bertz CT molecular complexity index is 740. The molecule has 1 fully saturated rings. The molecule has 0 unspecified atom stereocenters. The molecule has 0 N–H and O–H groups in total. The summed E-state index contributed by atoms with van der Waals surface area (Å²) in [5, 5.41) is 0.768. The van der Waals surface area contributed by atoms with E-state index in [0.29, 0.717) is 45.2 Å². The van der Waals surface area contributed by atoms with Gasteiger partial charge in [-0.15, -0.1) is 0 Å². The summed E-state index contributed by atoms with van der Waals surface area (Å²) in [6.45, 7) is 0.649. The maximum atomic E-state index is 12.6. The molecule has 0 atom stereocenters. The number of rotatable bonds is 7. The summed E-state index contributed by atoms with van der Waals surface area (Å²) < 4.78 is 11.1. The minimum absolute atomic E-state index is 0.0936. The van der Waals surface area contributed by atoms with Gasteiger partial charge in [-0.25, -0.2) is 0 Å². The van der Waals surface area contributed by atoms with Crippen LogP contribution in [0.15, 0.2) is 30.6 Å². The van der Waals surface area contributed by atoms with Crippen molar-refractivity contribution in [2.75, 3.05) is 13.7 Å². The van der Waals surface area contributed by atoms with Crippen molar-refractivity contribution < 1.29 is 14.3 Å². The van der Waals surface area contributed by atoms with Gasteiger partial charge in [0.25, 0.3) is 0 Å². The molecule has 0 saturated heterocycles. The quantitative estimate of drug-likeness (QED) is 0.672. The van der Waals surface area contributed by atoms with E-state index in [-0.39, 0.29) is 12.2 Å². The molecule has 126 valence electrons. The van der Waals surface area contributed by atoms with E-state index in [9.17, 15) is 4.79 Å². The SMILES string of the molecule is COc1ccc(C(=O)Cc2c(Cl)cncc2Cl)cc1OCC1CC1. The molecule has 0 spiro atoms. The van der Waals surface area contributed by atoms with E-state index in [0.717, 1.165) is 0 Å². The zero-order valence-electron chi connectivity index (χ0n) is 13.2. The fraction of sp³-hybridized carbons (Fsp3) is 0.333. The fourth-order valence-corrected chi connectivity index (χ4v) is 2.82. The summed E-state index contributed by atoms with van der Waals surface area (Å²) >= 11 is 12.2. The van der Waals surface area contributed by atoms with E-state index in [1.165, 1.54) is 25.2 Å². The van der Waals surface area contributed by atoms with E-state index < -0.39 is 0 Å². The number of ether oxygens (including phenoxy) is 2. The number of aromatic nitrogens is 1. The Labute approximate surface area is 150 Å². The van der Waals surface area contributed by atoms with Gasteiger partial charge < -0.3 is 9.47 Å². The lowest BCUT2D eigenvalue weighted by atomic mass is 10.0. The lowest BCUT2D eigenvalue weighted by Crippen LogP contribution is -2.07. The number of carbonyl (C=O) groups is 1. The van der Waals surface area contributed by atoms with Gasteiger partial charge in [0.15, 0.2) is 17.3 Å². The monoisotopic (exact) mass is 365 g/mol. The van der Waals surface area contributed by atoms with Crippen molar-refractivity contribution in [3.05, 3.63) is 51.8 Å². The number of Topliss-reactive ketones (excluding diaryl/α,β-unsaturated/α-hetero) is 1. The minimum atomic E-state index is -0.0936.